The quantitative estimate of drug-likeness (QED) is 0.564. The summed E-state index contributed by atoms with van der Waals surface area (Å²) in [7, 11) is 0. The van der Waals surface area contributed by atoms with Gasteiger partial charge in [0.25, 0.3) is 0 Å². The second-order valence-electron chi connectivity index (χ2n) is 5.42. The molecule has 1 aliphatic carbocycles. The standard InChI is InChI=1S/C14H25N3O3/c1-10(18)17-12(13(15)19)8-4-5-9-16-14(20)11-6-2-3-7-11/h11-12H,2-9H2,1H3,(H2,15,19)(H,16,20)(H,17,18). The van der Waals surface area contributed by atoms with E-state index in [2.05, 4.69) is 10.6 Å². The van der Waals surface area contributed by atoms with Crippen LogP contribution >= 0.6 is 0 Å². The molecule has 0 heterocycles. The normalized spacial score (nSPS) is 16.6. The fourth-order valence-electron chi connectivity index (χ4n) is 2.55. The van der Waals surface area contributed by atoms with Crippen LogP contribution in [0.3, 0.4) is 0 Å². The van der Waals surface area contributed by atoms with Crippen molar-refractivity contribution in [2.75, 3.05) is 6.54 Å². The van der Waals surface area contributed by atoms with Crippen molar-refractivity contribution in [2.24, 2.45) is 11.7 Å². The lowest BCUT2D eigenvalue weighted by molar-refractivity contribution is -0.126. The van der Waals surface area contributed by atoms with E-state index >= 15 is 0 Å². The minimum Gasteiger partial charge on any atom is -0.368 e. The van der Waals surface area contributed by atoms with Crippen LogP contribution in [0.1, 0.15) is 51.9 Å². The SMILES string of the molecule is CC(=O)NC(CCCCNC(=O)C1CCCC1)C(N)=O. The van der Waals surface area contributed by atoms with Crippen LogP contribution < -0.4 is 16.4 Å². The second-order valence-corrected chi connectivity index (χ2v) is 5.42. The molecule has 20 heavy (non-hydrogen) atoms. The number of hydrogen-bond acceptors (Lipinski definition) is 3. The summed E-state index contributed by atoms with van der Waals surface area (Å²) in [6.07, 6.45) is 6.31. The van der Waals surface area contributed by atoms with E-state index in [-0.39, 0.29) is 17.7 Å². The predicted octanol–water partition coefficient (Wildman–Crippen LogP) is 0.453. The van der Waals surface area contributed by atoms with Crippen molar-refractivity contribution in [2.45, 2.75) is 57.9 Å². The van der Waals surface area contributed by atoms with Gasteiger partial charge in [0, 0.05) is 19.4 Å². The molecule has 1 saturated carbocycles. The maximum atomic E-state index is 11.8. The zero-order chi connectivity index (χ0) is 15.0. The lowest BCUT2D eigenvalue weighted by Gasteiger charge is -2.14. The smallest absolute Gasteiger partial charge is 0.239 e. The van der Waals surface area contributed by atoms with Crippen molar-refractivity contribution in [1.82, 2.24) is 10.6 Å². The largest absolute Gasteiger partial charge is 0.368 e. The van der Waals surface area contributed by atoms with Crippen LogP contribution in [-0.4, -0.2) is 30.3 Å². The summed E-state index contributed by atoms with van der Waals surface area (Å²) in [5.74, 6) is -0.443. The van der Waals surface area contributed by atoms with Crippen LogP contribution in [0, 0.1) is 5.92 Å². The van der Waals surface area contributed by atoms with Crippen molar-refractivity contribution in [3.63, 3.8) is 0 Å². The highest BCUT2D eigenvalue weighted by Crippen LogP contribution is 2.24. The summed E-state index contributed by atoms with van der Waals surface area (Å²) >= 11 is 0. The molecule has 0 aromatic heterocycles. The summed E-state index contributed by atoms with van der Waals surface area (Å²) in [5.41, 5.74) is 5.21. The van der Waals surface area contributed by atoms with E-state index in [1.54, 1.807) is 0 Å². The zero-order valence-corrected chi connectivity index (χ0v) is 12.1. The Labute approximate surface area is 119 Å². The molecule has 0 radical (unpaired) electrons. The van der Waals surface area contributed by atoms with E-state index in [1.807, 2.05) is 0 Å². The van der Waals surface area contributed by atoms with Crippen LogP contribution in [0.15, 0.2) is 0 Å². The Morgan fingerprint density at radius 1 is 1.20 bits per heavy atom. The molecular formula is C14H25N3O3. The van der Waals surface area contributed by atoms with E-state index in [1.165, 1.54) is 6.92 Å². The number of carbonyl (C=O) groups excluding carboxylic acids is 3. The van der Waals surface area contributed by atoms with Gasteiger partial charge in [-0.05, 0) is 32.1 Å². The molecule has 6 nitrogen and oxygen atoms in total. The maximum absolute atomic E-state index is 11.8. The summed E-state index contributed by atoms with van der Waals surface area (Å²) in [4.78, 5) is 33.8. The van der Waals surface area contributed by atoms with Gasteiger partial charge in [0.05, 0.1) is 0 Å². The van der Waals surface area contributed by atoms with Crippen molar-refractivity contribution >= 4 is 17.7 Å². The number of amides is 3. The van der Waals surface area contributed by atoms with E-state index in [9.17, 15) is 14.4 Å². The first-order valence-electron chi connectivity index (χ1n) is 7.35. The Balaban J connectivity index is 2.12. The highest BCUT2D eigenvalue weighted by Gasteiger charge is 2.22. The van der Waals surface area contributed by atoms with Crippen molar-refractivity contribution in [3.8, 4) is 0 Å². The highest BCUT2D eigenvalue weighted by atomic mass is 16.2. The number of carbonyl (C=O) groups is 3. The molecule has 1 fully saturated rings. The van der Waals surface area contributed by atoms with Crippen LogP contribution in [0.5, 0.6) is 0 Å². The maximum Gasteiger partial charge on any atom is 0.239 e. The molecule has 4 N–H and O–H groups in total. The number of nitrogens with one attached hydrogen (secondary N) is 2. The fraction of sp³-hybridized carbons (Fsp3) is 0.786. The summed E-state index contributed by atoms with van der Waals surface area (Å²) < 4.78 is 0. The Morgan fingerprint density at radius 3 is 2.40 bits per heavy atom. The van der Waals surface area contributed by atoms with Gasteiger partial charge in [0.1, 0.15) is 6.04 Å². The molecule has 1 aliphatic rings. The molecule has 1 atom stereocenters. The molecule has 114 valence electrons. The fourth-order valence-corrected chi connectivity index (χ4v) is 2.55. The van der Waals surface area contributed by atoms with Crippen molar-refractivity contribution in [1.29, 1.82) is 0 Å². The third-order valence-corrected chi connectivity index (χ3v) is 3.67. The van der Waals surface area contributed by atoms with Crippen LogP contribution in [0.25, 0.3) is 0 Å². The first-order chi connectivity index (χ1) is 9.50. The number of primary amides is 1. The zero-order valence-electron chi connectivity index (χ0n) is 12.1. The van der Waals surface area contributed by atoms with Crippen LogP contribution in [0.4, 0.5) is 0 Å². The first kappa shape index (κ1) is 16.5. The lowest BCUT2D eigenvalue weighted by atomic mass is 10.1. The molecule has 0 bridgehead atoms. The molecular weight excluding hydrogens is 258 g/mol. The third-order valence-electron chi connectivity index (χ3n) is 3.67. The van der Waals surface area contributed by atoms with Gasteiger partial charge in [0.15, 0.2) is 0 Å². The first-order valence-corrected chi connectivity index (χ1v) is 7.35. The highest BCUT2D eigenvalue weighted by molar-refractivity contribution is 5.85. The Morgan fingerprint density at radius 2 is 1.85 bits per heavy atom. The molecule has 0 spiro atoms. The molecule has 0 aromatic carbocycles. The minimum absolute atomic E-state index is 0.149. The number of unbranched alkanes of at least 4 members (excludes halogenated alkanes) is 1. The summed E-state index contributed by atoms with van der Waals surface area (Å²) in [6.45, 7) is 1.97. The average molecular weight is 283 g/mol. The van der Waals surface area contributed by atoms with E-state index < -0.39 is 11.9 Å². The molecule has 3 amide bonds. The van der Waals surface area contributed by atoms with E-state index in [0.29, 0.717) is 13.0 Å². The van der Waals surface area contributed by atoms with Crippen LogP contribution in [0.2, 0.25) is 0 Å². The monoisotopic (exact) mass is 283 g/mol. The van der Waals surface area contributed by atoms with Gasteiger partial charge in [-0.15, -0.1) is 0 Å². The van der Waals surface area contributed by atoms with Gasteiger partial charge in [-0.1, -0.05) is 12.8 Å². The molecule has 1 unspecified atom stereocenters. The Hall–Kier alpha value is -1.59. The Bertz CT molecular complexity index is 352. The van der Waals surface area contributed by atoms with Gasteiger partial charge >= 0.3 is 0 Å². The van der Waals surface area contributed by atoms with Gasteiger partial charge in [0.2, 0.25) is 17.7 Å². The van der Waals surface area contributed by atoms with Gasteiger partial charge in [-0.3, -0.25) is 14.4 Å². The molecule has 0 saturated heterocycles. The molecule has 6 heteroatoms. The van der Waals surface area contributed by atoms with Gasteiger partial charge < -0.3 is 16.4 Å². The van der Waals surface area contributed by atoms with Crippen molar-refractivity contribution < 1.29 is 14.4 Å². The summed E-state index contributed by atoms with van der Waals surface area (Å²) in [6, 6.07) is -0.613. The van der Waals surface area contributed by atoms with Gasteiger partial charge in [-0.2, -0.15) is 0 Å². The second kappa shape index (κ2) is 8.55. The van der Waals surface area contributed by atoms with E-state index in [0.717, 1.165) is 38.5 Å². The molecule has 0 aliphatic heterocycles. The number of hydrogen-bond donors (Lipinski definition) is 3. The number of rotatable bonds is 8. The third kappa shape index (κ3) is 6.04. The number of nitrogens with two attached hydrogens (primary N) is 1. The molecule has 0 aromatic rings. The minimum atomic E-state index is -0.613. The van der Waals surface area contributed by atoms with Crippen LogP contribution in [-0.2, 0) is 14.4 Å². The van der Waals surface area contributed by atoms with Gasteiger partial charge in [-0.25, -0.2) is 0 Å². The average Bonchev–Trinajstić information content (AvgIpc) is 2.89. The lowest BCUT2D eigenvalue weighted by Crippen LogP contribution is -2.43. The predicted molar refractivity (Wildman–Crippen MR) is 75.6 cm³/mol. The summed E-state index contributed by atoms with van der Waals surface area (Å²) in [5, 5.41) is 5.45. The Kier molecular flexibility index (Phi) is 7.04. The molecule has 1 rings (SSSR count). The van der Waals surface area contributed by atoms with E-state index in [4.69, 9.17) is 5.73 Å². The van der Waals surface area contributed by atoms with Crippen molar-refractivity contribution in [3.05, 3.63) is 0 Å². The topological polar surface area (TPSA) is 101 Å².